The maximum Gasteiger partial charge on any atom is 0.262 e. The molecule has 29 heavy (non-hydrogen) atoms. The fourth-order valence-electron chi connectivity index (χ4n) is 3.32. The summed E-state index contributed by atoms with van der Waals surface area (Å²) < 4.78 is 39.6. The average molecular weight is 408 g/mol. The first-order chi connectivity index (χ1) is 14.0. The number of nitrogens with two attached hydrogens (primary N) is 1. The second kappa shape index (κ2) is 6.42. The zero-order chi connectivity index (χ0) is 20.0. The number of nitrogens with one attached hydrogen (secondary N) is 2. The van der Waals surface area contributed by atoms with Crippen molar-refractivity contribution in [1.82, 2.24) is 10.2 Å². The van der Waals surface area contributed by atoms with Crippen molar-refractivity contribution in [2.24, 2.45) is 0 Å². The molecule has 3 aromatic carbocycles. The number of sulfonamides is 1. The van der Waals surface area contributed by atoms with Gasteiger partial charge >= 0.3 is 0 Å². The molecule has 0 amide bonds. The van der Waals surface area contributed by atoms with Gasteiger partial charge in [-0.3, -0.25) is 9.82 Å². The number of nitrogens with zero attached hydrogens (tertiary/aromatic N) is 1. The van der Waals surface area contributed by atoms with Gasteiger partial charge in [0.15, 0.2) is 11.5 Å². The number of rotatable bonds is 4. The Morgan fingerprint density at radius 1 is 1.00 bits per heavy atom. The largest absolute Gasteiger partial charge is 0.453 e. The summed E-state index contributed by atoms with van der Waals surface area (Å²) in [6.45, 7) is -0.0264. The minimum absolute atomic E-state index is 0.0264. The third kappa shape index (κ3) is 2.92. The molecular weight excluding hydrogens is 392 g/mol. The standard InChI is InChI=1S/C20H16N4O4S/c21-16-10-22-23-18(16)15-7-8-17(20-19(15)27-11-28-20)24-29(25,26)14-6-5-12-3-1-2-4-13(12)9-14/h1-10,24H,11,21H2,(H,22,23). The molecule has 8 nitrogen and oxygen atoms in total. The Hall–Kier alpha value is -3.72. The van der Waals surface area contributed by atoms with Gasteiger partial charge in [-0.15, -0.1) is 0 Å². The lowest BCUT2D eigenvalue weighted by Crippen LogP contribution is -2.13. The van der Waals surface area contributed by atoms with Crippen molar-refractivity contribution < 1.29 is 17.9 Å². The van der Waals surface area contributed by atoms with Crippen LogP contribution < -0.4 is 19.9 Å². The van der Waals surface area contributed by atoms with Crippen LogP contribution in [0.3, 0.4) is 0 Å². The van der Waals surface area contributed by atoms with E-state index in [1.165, 1.54) is 0 Å². The lowest BCUT2D eigenvalue weighted by Gasteiger charge is -2.12. The Morgan fingerprint density at radius 2 is 1.79 bits per heavy atom. The Balaban J connectivity index is 1.54. The molecule has 0 spiro atoms. The van der Waals surface area contributed by atoms with Crippen LogP contribution in [0.5, 0.6) is 11.5 Å². The fourth-order valence-corrected chi connectivity index (χ4v) is 4.41. The van der Waals surface area contributed by atoms with E-state index >= 15 is 0 Å². The van der Waals surface area contributed by atoms with Crippen molar-refractivity contribution in [1.29, 1.82) is 0 Å². The molecule has 1 aliphatic heterocycles. The minimum atomic E-state index is -3.83. The van der Waals surface area contributed by atoms with Gasteiger partial charge in [-0.05, 0) is 35.0 Å². The van der Waals surface area contributed by atoms with Crippen LogP contribution in [0.2, 0.25) is 0 Å². The first-order valence-corrected chi connectivity index (χ1v) is 10.2. The molecule has 9 heteroatoms. The molecule has 0 fully saturated rings. The Labute approximate surface area is 166 Å². The Morgan fingerprint density at radius 3 is 2.59 bits per heavy atom. The molecule has 1 aromatic heterocycles. The van der Waals surface area contributed by atoms with Gasteiger partial charge in [-0.1, -0.05) is 30.3 Å². The average Bonchev–Trinajstić information content (AvgIpc) is 3.37. The quantitative estimate of drug-likeness (QED) is 0.476. The van der Waals surface area contributed by atoms with Crippen LogP contribution in [0.1, 0.15) is 0 Å². The molecule has 146 valence electrons. The second-order valence-electron chi connectivity index (χ2n) is 6.53. The van der Waals surface area contributed by atoms with Crippen LogP contribution in [0.15, 0.2) is 65.7 Å². The molecule has 1 aliphatic rings. The van der Waals surface area contributed by atoms with Gasteiger partial charge in [0.25, 0.3) is 10.0 Å². The smallest absolute Gasteiger partial charge is 0.262 e. The molecule has 0 saturated heterocycles. The fraction of sp³-hybridized carbons (Fsp3) is 0.0500. The van der Waals surface area contributed by atoms with E-state index in [0.29, 0.717) is 28.4 Å². The number of aromatic amines is 1. The molecule has 0 atom stereocenters. The van der Waals surface area contributed by atoms with Crippen LogP contribution in [0, 0.1) is 0 Å². The van der Waals surface area contributed by atoms with Crippen LogP contribution in [-0.4, -0.2) is 25.4 Å². The van der Waals surface area contributed by atoms with Crippen LogP contribution in [0.25, 0.3) is 22.0 Å². The highest BCUT2D eigenvalue weighted by molar-refractivity contribution is 7.92. The summed E-state index contributed by atoms with van der Waals surface area (Å²) in [4.78, 5) is 0.157. The number of anilines is 2. The number of fused-ring (bicyclic) bond motifs is 2. The van der Waals surface area contributed by atoms with E-state index in [4.69, 9.17) is 15.2 Å². The molecule has 0 unspecified atom stereocenters. The molecule has 0 saturated carbocycles. The molecule has 5 rings (SSSR count). The number of hydrogen-bond acceptors (Lipinski definition) is 6. The van der Waals surface area contributed by atoms with Gasteiger partial charge in [0.1, 0.15) is 5.69 Å². The first kappa shape index (κ1) is 17.4. The highest BCUT2D eigenvalue weighted by atomic mass is 32.2. The third-order valence-electron chi connectivity index (χ3n) is 4.72. The maximum atomic E-state index is 13.0. The third-order valence-corrected chi connectivity index (χ3v) is 6.08. The van der Waals surface area contributed by atoms with E-state index in [9.17, 15) is 8.42 Å². The molecule has 0 radical (unpaired) electrons. The topological polar surface area (TPSA) is 119 Å². The van der Waals surface area contributed by atoms with Crippen molar-refractivity contribution >= 4 is 32.2 Å². The summed E-state index contributed by atoms with van der Waals surface area (Å²) in [5.74, 6) is 0.691. The minimum Gasteiger partial charge on any atom is -0.453 e. The van der Waals surface area contributed by atoms with E-state index < -0.39 is 10.0 Å². The molecule has 0 bridgehead atoms. The van der Waals surface area contributed by atoms with Gasteiger partial charge in [0.05, 0.1) is 21.8 Å². The van der Waals surface area contributed by atoms with Crippen LogP contribution in [0.4, 0.5) is 11.4 Å². The maximum absolute atomic E-state index is 13.0. The predicted molar refractivity (Wildman–Crippen MR) is 109 cm³/mol. The lowest BCUT2D eigenvalue weighted by molar-refractivity contribution is 0.174. The van der Waals surface area contributed by atoms with Crippen molar-refractivity contribution in [3.05, 3.63) is 60.8 Å². The predicted octanol–water partition coefficient (Wildman–Crippen LogP) is 3.34. The van der Waals surface area contributed by atoms with Gasteiger partial charge in [-0.25, -0.2) is 8.42 Å². The van der Waals surface area contributed by atoms with Crippen molar-refractivity contribution in [3.63, 3.8) is 0 Å². The molecule has 4 aromatic rings. The van der Waals surface area contributed by atoms with E-state index in [0.717, 1.165) is 10.8 Å². The summed E-state index contributed by atoms with van der Waals surface area (Å²) in [5.41, 5.74) is 7.78. The zero-order valence-electron chi connectivity index (χ0n) is 15.0. The van der Waals surface area contributed by atoms with E-state index in [1.54, 1.807) is 36.5 Å². The summed E-state index contributed by atoms with van der Waals surface area (Å²) in [7, 11) is -3.83. The summed E-state index contributed by atoms with van der Waals surface area (Å²) in [6, 6.07) is 15.8. The Kier molecular flexibility index (Phi) is 3.85. The lowest BCUT2D eigenvalue weighted by atomic mass is 10.1. The summed E-state index contributed by atoms with van der Waals surface area (Å²) in [5, 5.41) is 8.61. The second-order valence-corrected chi connectivity index (χ2v) is 8.21. The number of hydrogen-bond donors (Lipinski definition) is 3. The molecule has 4 N–H and O–H groups in total. The summed E-state index contributed by atoms with van der Waals surface area (Å²) >= 11 is 0. The molecule has 2 heterocycles. The van der Waals surface area contributed by atoms with Gasteiger partial charge < -0.3 is 15.2 Å². The first-order valence-electron chi connectivity index (χ1n) is 8.77. The highest BCUT2D eigenvalue weighted by Gasteiger charge is 2.27. The van der Waals surface area contributed by atoms with Gasteiger partial charge in [-0.2, -0.15) is 5.10 Å². The van der Waals surface area contributed by atoms with Gasteiger partial charge in [0, 0.05) is 6.20 Å². The van der Waals surface area contributed by atoms with Crippen molar-refractivity contribution in [3.8, 4) is 22.8 Å². The number of aromatic nitrogens is 2. The number of nitrogen functional groups attached to an aromatic ring is 1. The van der Waals surface area contributed by atoms with Crippen LogP contribution >= 0.6 is 0 Å². The van der Waals surface area contributed by atoms with E-state index in [2.05, 4.69) is 14.9 Å². The van der Waals surface area contributed by atoms with Crippen LogP contribution in [-0.2, 0) is 10.0 Å². The number of ether oxygens (including phenoxy) is 2. The number of benzene rings is 3. The monoisotopic (exact) mass is 408 g/mol. The highest BCUT2D eigenvalue weighted by Crippen LogP contribution is 2.47. The summed E-state index contributed by atoms with van der Waals surface area (Å²) in [6.07, 6.45) is 1.56. The number of H-pyrrole nitrogens is 1. The Bertz CT molecular complexity index is 1350. The molecular formula is C20H16N4O4S. The SMILES string of the molecule is Nc1c[nH]nc1-c1ccc(NS(=O)(=O)c2ccc3ccccc3c2)c2c1OCO2. The van der Waals surface area contributed by atoms with E-state index in [-0.39, 0.29) is 17.4 Å². The van der Waals surface area contributed by atoms with E-state index in [1.807, 2.05) is 24.3 Å². The zero-order valence-corrected chi connectivity index (χ0v) is 15.9. The normalized spacial score (nSPS) is 13.0. The van der Waals surface area contributed by atoms with Crippen molar-refractivity contribution in [2.45, 2.75) is 4.90 Å². The molecule has 0 aliphatic carbocycles. The van der Waals surface area contributed by atoms with Crippen molar-refractivity contribution in [2.75, 3.05) is 17.2 Å². The van der Waals surface area contributed by atoms with Gasteiger partial charge in [0.2, 0.25) is 6.79 Å².